The van der Waals surface area contributed by atoms with Crippen molar-refractivity contribution < 1.29 is 4.74 Å². The van der Waals surface area contributed by atoms with Gasteiger partial charge in [0.05, 0.1) is 0 Å². The zero-order chi connectivity index (χ0) is 9.03. The van der Waals surface area contributed by atoms with E-state index in [-0.39, 0.29) is 5.72 Å². The molecule has 1 fully saturated rings. The van der Waals surface area contributed by atoms with Crippen molar-refractivity contribution >= 4 is 11.8 Å². The fourth-order valence-corrected chi connectivity index (χ4v) is 2.56. The van der Waals surface area contributed by atoms with E-state index < -0.39 is 0 Å². The van der Waals surface area contributed by atoms with E-state index in [1.54, 1.807) is 7.11 Å². The van der Waals surface area contributed by atoms with Gasteiger partial charge in [-0.05, 0) is 39.0 Å². The molecule has 0 spiro atoms. The van der Waals surface area contributed by atoms with Gasteiger partial charge >= 0.3 is 0 Å². The van der Waals surface area contributed by atoms with Crippen LogP contribution >= 0.6 is 11.8 Å². The van der Waals surface area contributed by atoms with E-state index in [0.29, 0.717) is 0 Å². The average molecular weight is 189 g/mol. The Morgan fingerprint density at radius 1 is 1.42 bits per heavy atom. The number of methoxy groups -OCH3 is 1. The molecule has 12 heavy (non-hydrogen) atoms. The molecule has 0 saturated heterocycles. The lowest BCUT2D eigenvalue weighted by Crippen LogP contribution is -2.47. The van der Waals surface area contributed by atoms with Gasteiger partial charge in [-0.1, -0.05) is 0 Å². The summed E-state index contributed by atoms with van der Waals surface area (Å²) < 4.78 is 5.50. The average Bonchev–Trinajstić information content (AvgIpc) is 2.18. The topological polar surface area (TPSA) is 21.3 Å². The predicted molar refractivity (Wildman–Crippen MR) is 54.6 cm³/mol. The highest BCUT2D eigenvalue weighted by Gasteiger charge is 2.33. The molecule has 0 atom stereocenters. The molecule has 0 aromatic heterocycles. The normalized spacial score (nSPS) is 36.8. The fraction of sp³-hybridized carbons (Fsp3) is 1.00. The molecular weight excluding hydrogens is 170 g/mol. The summed E-state index contributed by atoms with van der Waals surface area (Å²) in [4.78, 5) is 0. The van der Waals surface area contributed by atoms with Crippen LogP contribution in [0.5, 0.6) is 0 Å². The van der Waals surface area contributed by atoms with Crippen LogP contribution in [-0.4, -0.2) is 31.4 Å². The van der Waals surface area contributed by atoms with E-state index in [9.17, 15) is 0 Å². The monoisotopic (exact) mass is 189 g/mol. The van der Waals surface area contributed by atoms with E-state index in [0.717, 1.165) is 18.1 Å². The number of rotatable bonds is 3. The molecule has 1 rings (SSSR count). The number of hydrogen-bond donors (Lipinski definition) is 1. The van der Waals surface area contributed by atoms with Crippen molar-refractivity contribution in [3.05, 3.63) is 0 Å². The first kappa shape index (κ1) is 10.4. The standard InChI is InChI=1S/C9H19NOS/c1-10-9(11-2)6-4-8(12-3)5-7-9/h8,10H,4-7H2,1-3H3. The lowest BCUT2D eigenvalue weighted by Gasteiger charge is -2.38. The van der Waals surface area contributed by atoms with Crippen LogP contribution in [-0.2, 0) is 4.74 Å². The second-order valence-corrected chi connectivity index (χ2v) is 4.52. The van der Waals surface area contributed by atoms with Crippen molar-refractivity contribution in [3.63, 3.8) is 0 Å². The van der Waals surface area contributed by atoms with Crippen LogP contribution in [0.25, 0.3) is 0 Å². The summed E-state index contributed by atoms with van der Waals surface area (Å²) in [6.07, 6.45) is 7.03. The van der Waals surface area contributed by atoms with Gasteiger partial charge < -0.3 is 4.74 Å². The molecule has 1 N–H and O–H groups in total. The Bertz CT molecular complexity index is 126. The predicted octanol–water partition coefficient (Wildman–Crippen LogP) is 1.85. The minimum atomic E-state index is -0.0216. The highest BCUT2D eigenvalue weighted by Crippen LogP contribution is 2.33. The van der Waals surface area contributed by atoms with Gasteiger partial charge in [0.25, 0.3) is 0 Å². The Balaban J connectivity index is 2.42. The van der Waals surface area contributed by atoms with Crippen molar-refractivity contribution in [1.29, 1.82) is 0 Å². The summed E-state index contributed by atoms with van der Waals surface area (Å²) in [5.74, 6) is 0. The molecule has 0 amide bonds. The van der Waals surface area contributed by atoms with Crippen LogP contribution in [0.4, 0.5) is 0 Å². The Hall–Kier alpha value is 0.270. The summed E-state index contributed by atoms with van der Waals surface area (Å²) >= 11 is 1.98. The van der Waals surface area contributed by atoms with E-state index in [2.05, 4.69) is 11.6 Å². The van der Waals surface area contributed by atoms with Crippen molar-refractivity contribution in [2.75, 3.05) is 20.4 Å². The van der Waals surface area contributed by atoms with Gasteiger partial charge in [-0.3, -0.25) is 5.32 Å². The first-order valence-corrected chi connectivity index (χ1v) is 5.82. The summed E-state index contributed by atoms with van der Waals surface area (Å²) in [5.41, 5.74) is -0.0216. The molecular formula is C9H19NOS. The van der Waals surface area contributed by atoms with Gasteiger partial charge in [0, 0.05) is 12.4 Å². The molecule has 1 aliphatic carbocycles. The first-order chi connectivity index (χ1) is 5.76. The third kappa shape index (κ3) is 2.15. The molecule has 1 saturated carbocycles. The summed E-state index contributed by atoms with van der Waals surface area (Å²) in [5, 5.41) is 4.13. The van der Waals surface area contributed by atoms with E-state index in [4.69, 9.17) is 4.74 Å². The lowest BCUT2D eigenvalue weighted by molar-refractivity contribution is -0.0596. The van der Waals surface area contributed by atoms with E-state index in [1.165, 1.54) is 12.8 Å². The summed E-state index contributed by atoms with van der Waals surface area (Å²) in [6, 6.07) is 0. The highest BCUT2D eigenvalue weighted by atomic mass is 32.2. The molecule has 72 valence electrons. The molecule has 0 heterocycles. The largest absolute Gasteiger partial charge is 0.364 e. The van der Waals surface area contributed by atoms with Crippen LogP contribution in [0.3, 0.4) is 0 Å². The Labute approximate surface area is 79.4 Å². The highest BCUT2D eigenvalue weighted by molar-refractivity contribution is 7.99. The zero-order valence-electron chi connectivity index (χ0n) is 8.22. The molecule has 2 nitrogen and oxygen atoms in total. The Morgan fingerprint density at radius 3 is 2.33 bits per heavy atom. The van der Waals surface area contributed by atoms with Crippen molar-refractivity contribution in [2.24, 2.45) is 0 Å². The second-order valence-electron chi connectivity index (χ2n) is 3.38. The zero-order valence-corrected chi connectivity index (χ0v) is 9.04. The summed E-state index contributed by atoms with van der Waals surface area (Å²) in [7, 11) is 3.79. The van der Waals surface area contributed by atoms with Crippen LogP contribution in [0.1, 0.15) is 25.7 Å². The third-order valence-electron chi connectivity index (χ3n) is 2.92. The molecule has 0 unspecified atom stereocenters. The van der Waals surface area contributed by atoms with Crippen LogP contribution in [0.15, 0.2) is 0 Å². The maximum atomic E-state index is 5.50. The van der Waals surface area contributed by atoms with E-state index >= 15 is 0 Å². The Kier molecular flexibility index (Phi) is 3.87. The number of ether oxygens (including phenoxy) is 1. The quantitative estimate of drug-likeness (QED) is 0.685. The molecule has 0 aliphatic heterocycles. The van der Waals surface area contributed by atoms with Crippen molar-refractivity contribution in [1.82, 2.24) is 5.32 Å². The lowest BCUT2D eigenvalue weighted by atomic mass is 9.91. The number of nitrogens with one attached hydrogen (secondary N) is 1. The maximum Gasteiger partial charge on any atom is 0.118 e. The van der Waals surface area contributed by atoms with Gasteiger partial charge in [-0.2, -0.15) is 11.8 Å². The fourth-order valence-electron chi connectivity index (χ4n) is 1.85. The first-order valence-electron chi connectivity index (χ1n) is 4.53. The molecule has 0 aromatic carbocycles. The van der Waals surface area contributed by atoms with Gasteiger partial charge in [0.2, 0.25) is 0 Å². The smallest absolute Gasteiger partial charge is 0.118 e. The van der Waals surface area contributed by atoms with Gasteiger partial charge in [0.1, 0.15) is 5.72 Å². The van der Waals surface area contributed by atoms with Crippen molar-refractivity contribution in [3.8, 4) is 0 Å². The molecule has 3 heteroatoms. The van der Waals surface area contributed by atoms with Gasteiger partial charge in [0.15, 0.2) is 0 Å². The van der Waals surface area contributed by atoms with Crippen LogP contribution in [0, 0.1) is 0 Å². The summed E-state index contributed by atoms with van der Waals surface area (Å²) in [6.45, 7) is 0. The van der Waals surface area contributed by atoms with Crippen molar-refractivity contribution in [2.45, 2.75) is 36.7 Å². The number of thioether (sulfide) groups is 1. The minimum absolute atomic E-state index is 0.0216. The SMILES string of the molecule is CNC1(OC)CCC(SC)CC1. The molecule has 0 aromatic rings. The minimum Gasteiger partial charge on any atom is -0.364 e. The van der Waals surface area contributed by atoms with Crippen LogP contribution in [0.2, 0.25) is 0 Å². The van der Waals surface area contributed by atoms with E-state index in [1.807, 2.05) is 18.8 Å². The maximum absolute atomic E-state index is 5.50. The second kappa shape index (κ2) is 4.49. The molecule has 0 radical (unpaired) electrons. The molecule has 0 bridgehead atoms. The number of hydrogen-bond acceptors (Lipinski definition) is 3. The third-order valence-corrected chi connectivity index (χ3v) is 4.06. The van der Waals surface area contributed by atoms with Gasteiger partial charge in [-0.15, -0.1) is 0 Å². The van der Waals surface area contributed by atoms with Gasteiger partial charge in [-0.25, -0.2) is 0 Å². The Morgan fingerprint density at radius 2 is 2.00 bits per heavy atom. The van der Waals surface area contributed by atoms with Crippen LogP contribution < -0.4 is 5.32 Å². The molecule has 1 aliphatic rings.